The number of aromatic nitrogens is 2. The molecule has 0 bridgehead atoms. The first-order chi connectivity index (χ1) is 12.4. The van der Waals surface area contributed by atoms with Crippen molar-refractivity contribution in [1.82, 2.24) is 14.5 Å². The zero-order chi connectivity index (χ0) is 18.4. The predicted molar refractivity (Wildman–Crippen MR) is 98.0 cm³/mol. The third kappa shape index (κ3) is 3.08. The van der Waals surface area contributed by atoms with Gasteiger partial charge in [0, 0.05) is 44.9 Å². The molecule has 1 aromatic rings. The van der Waals surface area contributed by atoms with Crippen molar-refractivity contribution in [3.63, 3.8) is 0 Å². The minimum Gasteiger partial charge on any atom is -0.378 e. The average Bonchev–Trinajstić information content (AvgIpc) is 2.91. The molecule has 3 heterocycles. The highest BCUT2D eigenvalue weighted by Gasteiger charge is 2.44. The molecular formula is C20H29N3O3. The number of methoxy groups -OCH3 is 1. The maximum Gasteiger partial charge on any atom is 0.253 e. The van der Waals surface area contributed by atoms with Crippen LogP contribution in [-0.2, 0) is 22.5 Å². The normalized spacial score (nSPS) is 27.1. The molecule has 0 radical (unpaired) electrons. The standard InChI is InChI=1S/C20H29N3O3/c1-15-12-17(24)23-11-9-19(7-4-16(23)21-15)8-10-22(14-19)18(25)13-20(26-2)5-3-6-20/h12H,3-11,13-14H2,1-2H3. The van der Waals surface area contributed by atoms with Crippen LogP contribution in [-0.4, -0.2) is 46.2 Å². The largest absolute Gasteiger partial charge is 0.378 e. The zero-order valence-electron chi connectivity index (χ0n) is 15.9. The molecule has 4 rings (SSSR count). The number of aryl methyl sites for hydroxylation is 2. The lowest BCUT2D eigenvalue weighted by Crippen LogP contribution is -2.45. The van der Waals surface area contributed by atoms with Crippen LogP contribution < -0.4 is 5.56 Å². The lowest BCUT2D eigenvalue weighted by atomic mass is 9.77. The lowest BCUT2D eigenvalue weighted by Gasteiger charge is -2.41. The van der Waals surface area contributed by atoms with E-state index in [0.717, 1.165) is 69.6 Å². The van der Waals surface area contributed by atoms with Gasteiger partial charge in [-0.2, -0.15) is 0 Å². The number of hydrogen-bond donors (Lipinski definition) is 0. The van der Waals surface area contributed by atoms with Gasteiger partial charge in [-0.1, -0.05) is 0 Å². The molecule has 2 aliphatic heterocycles. The molecule has 1 atom stereocenters. The fourth-order valence-corrected chi connectivity index (χ4v) is 4.93. The van der Waals surface area contributed by atoms with E-state index in [2.05, 4.69) is 4.98 Å². The highest BCUT2D eigenvalue weighted by molar-refractivity contribution is 5.78. The van der Waals surface area contributed by atoms with E-state index in [4.69, 9.17) is 4.74 Å². The number of fused-ring (bicyclic) bond motifs is 1. The van der Waals surface area contributed by atoms with Crippen molar-refractivity contribution in [2.45, 2.75) is 70.4 Å². The van der Waals surface area contributed by atoms with E-state index < -0.39 is 0 Å². The Hall–Kier alpha value is -1.69. The van der Waals surface area contributed by atoms with Gasteiger partial charge in [0.15, 0.2) is 0 Å². The van der Waals surface area contributed by atoms with Gasteiger partial charge in [0.25, 0.3) is 5.56 Å². The van der Waals surface area contributed by atoms with Gasteiger partial charge in [-0.15, -0.1) is 0 Å². The molecule has 6 heteroatoms. The van der Waals surface area contributed by atoms with Crippen LogP contribution in [0.5, 0.6) is 0 Å². The molecule has 0 aromatic carbocycles. The average molecular weight is 359 g/mol. The number of rotatable bonds is 3. The van der Waals surface area contributed by atoms with Crippen molar-refractivity contribution in [2.75, 3.05) is 20.2 Å². The molecule has 1 aromatic heterocycles. The van der Waals surface area contributed by atoms with Gasteiger partial charge in [-0.3, -0.25) is 14.2 Å². The van der Waals surface area contributed by atoms with E-state index >= 15 is 0 Å². The Balaban J connectivity index is 1.44. The SMILES string of the molecule is COC1(CC(=O)N2CCC3(CCc4nc(C)cc(=O)n4CC3)C2)CCC1. The van der Waals surface area contributed by atoms with E-state index in [1.807, 2.05) is 16.4 Å². The molecule has 1 unspecified atom stereocenters. The highest BCUT2D eigenvalue weighted by Crippen LogP contribution is 2.42. The lowest BCUT2D eigenvalue weighted by molar-refractivity contribution is -0.143. The summed E-state index contributed by atoms with van der Waals surface area (Å²) in [5.41, 5.74) is 0.776. The molecule has 1 aliphatic carbocycles. The molecule has 142 valence electrons. The summed E-state index contributed by atoms with van der Waals surface area (Å²) in [5.74, 6) is 1.14. The van der Waals surface area contributed by atoms with Crippen LogP contribution in [0, 0.1) is 12.3 Å². The Bertz CT molecular complexity index is 763. The Morgan fingerprint density at radius 2 is 2.00 bits per heavy atom. The number of carbonyl (C=O) groups excluding carboxylic acids is 1. The Morgan fingerprint density at radius 1 is 1.23 bits per heavy atom. The second-order valence-corrected chi connectivity index (χ2v) is 8.54. The molecule has 26 heavy (non-hydrogen) atoms. The van der Waals surface area contributed by atoms with Gasteiger partial charge in [0.2, 0.25) is 5.91 Å². The summed E-state index contributed by atoms with van der Waals surface area (Å²) in [6.45, 7) is 4.24. The molecule has 1 saturated carbocycles. The Labute approximate surface area is 154 Å². The van der Waals surface area contributed by atoms with Crippen LogP contribution in [0.3, 0.4) is 0 Å². The van der Waals surface area contributed by atoms with Gasteiger partial charge in [0.1, 0.15) is 5.82 Å². The van der Waals surface area contributed by atoms with Gasteiger partial charge in [0.05, 0.1) is 12.0 Å². The third-order valence-corrected chi connectivity index (χ3v) is 6.92. The molecule has 3 aliphatic rings. The first-order valence-corrected chi connectivity index (χ1v) is 9.85. The fraction of sp³-hybridized carbons (Fsp3) is 0.750. The Kier molecular flexibility index (Phi) is 4.41. The maximum atomic E-state index is 12.8. The Morgan fingerprint density at radius 3 is 2.69 bits per heavy atom. The van der Waals surface area contributed by atoms with Crippen LogP contribution in [0.15, 0.2) is 10.9 Å². The second-order valence-electron chi connectivity index (χ2n) is 8.54. The summed E-state index contributed by atoms with van der Waals surface area (Å²) in [5, 5.41) is 0. The number of hydrogen-bond acceptors (Lipinski definition) is 4. The van der Waals surface area contributed by atoms with Crippen molar-refractivity contribution in [3.05, 3.63) is 27.9 Å². The van der Waals surface area contributed by atoms with Gasteiger partial charge >= 0.3 is 0 Å². The summed E-state index contributed by atoms with van der Waals surface area (Å²) < 4.78 is 7.47. The zero-order valence-corrected chi connectivity index (χ0v) is 15.9. The maximum absolute atomic E-state index is 12.8. The fourth-order valence-electron chi connectivity index (χ4n) is 4.93. The first kappa shape index (κ1) is 17.7. The summed E-state index contributed by atoms with van der Waals surface area (Å²) in [6, 6.07) is 1.62. The van der Waals surface area contributed by atoms with Crippen LogP contribution in [0.25, 0.3) is 0 Å². The summed E-state index contributed by atoms with van der Waals surface area (Å²) in [6.07, 6.45) is 7.47. The van der Waals surface area contributed by atoms with Crippen molar-refractivity contribution in [1.29, 1.82) is 0 Å². The summed E-state index contributed by atoms with van der Waals surface area (Å²) in [7, 11) is 1.73. The van der Waals surface area contributed by atoms with Crippen molar-refractivity contribution in [2.24, 2.45) is 5.41 Å². The molecule has 1 saturated heterocycles. The number of likely N-dealkylation sites (tertiary alicyclic amines) is 1. The van der Waals surface area contributed by atoms with E-state index in [0.29, 0.717) is 13.0 Å². The van der Waals surface area contributed by atoms with Crippen LogP contribution in [0.1, 0.15) is 56.5 Å². The quantitative estimate of drug-likeness (QED) is 0.829. The van der Waals surface area contributed by atoms with Crippen LogP contribution >= 0.6 is 0 Å². The van der Waals surface area contributed by atoms with Gasteiger partial charge < -0.3 is 9.64 Å². The monoisotopic (exact) mass is 359 g/mol. The molecule has 0 N–H and O–H groups in total. The first-order valence-electron chi connectivity index (χ1n) is 9.85. The minimum atomic E-state index is -0.207. The summed E-state index contributed by atoms with van der Waals surface area (Å²) >= 11 is 0. The number of carbonyl (C=O) groups is 1. The van der Waals surface area contributed by atoms with Crippen molar-refractivity contribution in [3.8, 4) is 0 Å². The third-order valence-electron chi connectivity index (χ3n) is 6.92. The summed E-state index contributed by atoms with van der Waals surface area (Å²) in [4.78, 5) is 31.7. The van der Waals surface area contributed by atoms with Crippen molar-refractivity contribution >= 4 is 5.91 Å². The minimum absolute atomic E-state index is 0.0579. The highest BCUT2D eigenvalue weighted by atomic mass is 16.5. The molecule has 1 spiro atoms. The molecule has 1 amide bonds. The molecule has 6 nitrogen and oxygen atoms in total. The number of nitrogens with zero attached hydrogens (tertiary/aromatic N) is 3. The van der Waals surface area contributed by atoms with E-state index in [-0.39, 0.29) is 22.5 Å². The topological polar surface area (TPSA) is 64.4 Å². The molecule has 2 fully saturated rings. The number of amides is 1. The van der Waals surface area contributed by atoms with E-state index in [1.165, 1.54) is 0 Å². The smallest absolute Gasteiger partial charge is 0.253 e. The number of ether oxygens (including phenoxy) is 1. The van der Waals surface area contributed by atoms with Crippen LogP contribution in [0.2, 0.25) is 0 Å². The van der Waals surface area contributed by atoms with E-state index in [9.17, 15) is 9.59 Å². The predicted octanol–water partition coefficient (Wildman–Crippen LogP) is 2.07. The molecular weight excluding hydrogens is 330 g/mol. The van der Waals surface area contributed by atoms with Crippen LogP contribution in [0.4, 0.5) is 0 Å². The van der Waals surface area contributed by atoms with Crippen molar-refractivity contribution < 1.29 is 9.53 Å². The van der Waals surface area contributed by atoms with Gasteiger partial charge in [-0.25, -0.2) is 4.98 Å². The van der Waals surface area contributed by atoms with Gasteiger partial charge in [-0.05, 0) is 50.9 Å². The van der Waals surface area contributed by atoms with E-state index in [1.54, 1.807) is 13.2 Å². The second kappa shape index (κ2) is 6.48.